The van der Waals surface area contributed by atoms with Gasteiger partial charge in [-0.3, -0.25) is 4.79 Å². The summed E-state index contributed by atoms with van der Waals surface area (Å²) in [5.74, 6) is 0.431. The molecule has 0 aliphatic heterocycles. The normalized spacial score (nSPS) is 10.4. The van der Waals surface area contributed by atoms with E-state index in [0.29, 0.717) is 12.2 Å². The molecule has 1 radical (unpaired) electrons. The number of ether oxygens (including phenoxy) is 1. The van der Waals surface area contributed by atoms with Gasteiger partial charge in [-0.05, 0) is 25.0 Å². The molecule has 0 amide bonds. The van der Waals surface area contributed by atoms with Crippen LogP contribution in [-0.2, 0) is 4.79 Å². The van der Waals surface area contributed by atoms with Crippen LogP contribution in [0.2, 0.25) is 0 Å². The smallest absolute Gasteiger partial charge is 0.311 e. The fourth-order valence-electron chi connectivity index (χ4n) is 2.00. The third kappa shape index (κ3) is 7.00. The maximum absolute atomic E-state index is 11.6. The first-order valence-corrected chi connectivity index (χ1v) is 7.35. The van der Waals surface area contributed by atoms with Crippen LogP contribution in [0.4, 0.5) is 0 Å². The highest BCUT2D eigenvalue weighted by Crippen LogP contribution is 2.17. The lowest BCUT2D eigenvalue weighted by atomic mass is 10.1. The molecule has 0 aromatic heterocycles. The molecule has 0 N–H and O–H groups in total. The highest BCUT2D eigenvalue weighted by molar-refractivity contribution is 5.72. The number of carbonyl (C=O) groups is 1. The number of carbonyl (C=O) groups excluding carboxylic acids is 1. The fourth-order valence-corrected chi connectivity index (χ4v) is 2.00. The first kappa shape index (κ1) is 15.7. The van der Waals surface area contributed by atoms with Crippen LogP contribution in [0.1, 0.15) is 63.9 Å². The highest BCUT2D eigenvalue weighted by Gasteiger charge is 2.06. The predicted octanol–water partition coefficient (Wildman–Crippen LogP) is 4.91. The highest BCUT2D eigenvalue weighted by atomic mass is 16.5. The molecule has 2 nitrogen and oxygen atoms in total. The molecule has 0 atom stereocenters. The molecule has 0 saturated heterocycles. The molecule has 0 aliphatic carbocycles. The van der Waals surface area contributed by atoms with Gasteiger partial charge in [0.1, 0.15) is 5.75 Å². The van der Waals surface area contributed by atoms with E-state index >= 15 is 0 Å². The van der Waals surface area contributed by atoms with Crippen molar-refractivity contribution in [2.45, 2.75) is 58.3 Å². The Morgan fingerprint density at radius 2 is 1.68 bits per heavy atom. The van der Waals surface area contributed by atoms with E-state index < -0.39 is 0 Å². The summed E-state index contributed by atoms with van der Waals surface area (Å²) >= 11 is 0. The molecule has 0 aliphatic rings. The largest absolute Gasteiger partial charge is 0.426 e. The Morgan fingerprint density at radius 1 is 1.05 bits per heavy atom. The standard InChI is InChI=1S/C17H25O2/c1-3-4-5-6-7-8-9-14-17(18)19-16-13-11-10-12-15(16)2/h10-13H,2-9,14H2,1H3. The summed E-state index contributed by atoms with van der Waals surface area (Å²) in [6.07, 6.45) is 8.95. The van der Waals surface area contributed by atoms with Gasteiger partial charge in [0.2, 0.25) is 0 Å². The minimum Gasteiger partial charge on any atom is -0.426 e. The minimum atomic E-state index is -0.148. The molecule has 1 rings (SSSR count). The topological polar surface area (TPSA) is 26.3 Å². The van der Waals surface area contributed by atoms with Crippen molar-refractivity contribution in [1.82, 2.24) is 0 Å². The summed E-state index contributed by atoms with van der Waals surface area (Å²) in [7, 11) is 0. The second kappa shape index (κ2) is 9.60. The first-order chi connectivity index (χ1) is 9.24. The van der Waals surface area contributed by atoms with E-state index in [4.69, 9.17) is 4.74 Å². The van der Waals surface area contributed by atoms with Crippen LogP contribution in [0, 0.1) is 6.92 Å². The fraction of sp³-hybridized carbons (Fsp3) is 0.529. The average Bonchev–Trinajstić information content (AvgIpc) is 2.40. The Morgan fingerprint density at radius 3 is 2.37 bits per heavy atom. The molecule has 1 aromatic carbocycles. The average molecular weight is 261 g/mol. The zero-order chi connectivity index (χ0) is 13.9. The van der Waals surface area contributed by atoms with Gasteiger partial charge >= 0.3 is 5.97 Å². The Labute approximate surface area is 117 Å². The zero-order valence-electron chi connectivity index (χ0n) is 12.0. The van der Waals surface area contributed by atoms with Gasteiger partial charge in [0.15, 0.2) is 0 Å². The molecular weight excluding hydrogens is 236 g/mol. The number of rotatable bonds is 9. The van der Waals surface area contributed by atoms with Gasteiger partial charge in [0, 0.05) is 6.42 Å². The number of unbranched alkanes of at least 4 members (excludes halogenated alkanes) is 6. The molecular formula is C17H25O2. The van der Waals surface area contributed by atoms with Crippen LogP contribution in [0.5, 0.6) is 5.75 Å². The molecule has 0 bridgehead atoms. The molecule has 0 fully saturated rings. The molecule has 0 heterocycles. The second-order valence-electron chi connectivity index (χ2n) is 4.95. The molecule has 0 spiro atoms. The Bertz CT molecular complexity index is 371. The predicted molar refractivity (Wildman–Crippen MR) is 79.1 cm³/mol. The molecule has 0 saturated carbocycles. The Hall–Kier alpha value is -1.31. The first-order valence-electron chi connectivity index (χ1n) is 7.35. The number of esters is 1. The molecule has 1 aromatic rings. The minimum absolute atomic E-state index is 0.148. The van der Waals surface area contributed by atoms with E-state index in [0.717, 1.165) is 18.4 Å². The molecule has 0 unspecified atom stereocenters. The number of benzene rings is 1. The van der Waals surface area contributed by atoms with Gasteiger partial charge in [0.05, 0.1) is 0 Å². The zero-order valence-corrected chi connectivity index (χ0v) is 12.0. The van der Waals surface area contributed by atoms with Crippen molar-refractivity contribution >= 4 is 5.97 Å². The van der Waals surface area contributed by atoms with E-state index in [1.165, 1.54) is 32.1 Å². The lowest BCUT2D eigenvalue weighted by Crippen LogP contribution is -2.08. The third-order valence-corrected chi connectivity index (χ3v) is 3.18. The van der Waals surface area contributed by atoms with Crippen molar-refractivity contribution in [2.24, 2.45) is 0 Å². The van der Waals surface area contributed by atoms with E-state index in [-0.39, 0.29) is 5.97 Å². The van der Waals surface area contributed by atoms with Crippen molar-refractivity contribution < 1.29 is 9.53 Å². The number of hydrogen-bond donors (Lipinski definition) is 0. The number of para-hydroxylation sites is 1. The number of hydrogen-bond acceptors (Lipinski definition) is 2. The van der Waals surface area contributed by atoms with Crippen LogP contribution in [0.25, 0.3) is 0 Å². The van der Waals surface area contributed by atoms with Crippen LogP contribution < -0.4 is 4.74 Å². The SMILES string of the molecule is [CH2]c1ccccc1OC(=O)CCCCCCCCC. The summed E-state index contributed by atoms with van der Waals surface area (Å²) in [5.41, 5.74) is 0.760. The second-order valence-corrected chi connectivity index (χ2v) is 4.95. The molecule has 19 heavy (non-hydrogen) atoms. The van der Waals surface area contributed by atoms with Crippen molar-refractivity contribution in [1.29, 1.82) is 0 Å². The van der Waals surface area contributed by atoms with E-state index in [1.54, 1.807) is 6.07 Å². The molecule has 105 valence electrons. The maximum atomic E-state index is 11.6. The maximum Gasteiger partial charge on any atom is 0.311 e. The van der Waals surface area contributed by atoms with E-state index in [2.05, 4.69) is 13.8 Å². The molecule has 2 heteroatoms. The lowest BCUT2D eigenvalue weighted by molar-refractivity contribution is -0.134. The summed E-state index contributed by atoms with van der Waals surface area (Å²) in [6.45, 7) is 6.05. The Kier molecular flexibility index (Phi) is 7.95. The summed E-state index contributed by atoms with van der Waals surface area (Å²) in [4.78, 5) is 11.6. The van der Waals surface area contributed by atoms with Crippen LogP contribution in [-0.4, -0.2) is 5.97 Å². The van der Waals surface area contributed by atoms with Crippen molar-refractivity contribution in [3.63, 3.8) is 0 Å². The van der Waals surface area contributed by atoms with Crippen molar-refractivity contribution in [3.05, 3.63) is 36.8 Å². The van der Waals surface area contributed by atoms with Crippen LogP contribution >= 0.6 is 0 Å². The van der Waals surface area contributed by atoms with Crippen LogP contribution in [0.15, 0.2) is 24.3 Å². The summed E-state index contributed by atoms with van der Waals surface area (Å²) in [6, 6.07) is 7.36. The quantitative estimate of drug-likeness (QED) is 0.358. The van der Waals surface area contributed by atoms with Gasteiger partial charge < -0.3 is 4.74 Å². The van der Waals surface area contributed by atoms with Gasteiger partial charge in [-0.15, -0.1) is 0 Å². The van der Waals surface area contributed by atoms with Gasteiger partial charge in [-0.2, -0.15) is 0 Å². The van der Waals surface area contributed by atoms with Crippen molar-refractivity contribution in [2.75, 3.05) is 0 Å². The van der Waals surface area contributed by atoms with Crippen molar-refractivity contribution in [3.8, 4) is 5.75 Å². The lowest BCUT2D eigenvalue weighted by Gasteiger charge is -2.06. The van der Waals surface area contributed by atoms with Gasteiger partial charge in [-0.1, -0.05) is 63.6 Å². The van der Waals surface area contributed by atoms with Gasteiger partial charge in [0.25, 0.3) is 0 Å². The van der Waals surface area contributed by atoms with E-state index in [9.17, 15) is 4.79 Å². The summed E-state index contributed by atoms with van der Waals surface area (Å²) in [5, 5.41) is 0. The monoisotopic (exact) mass is 261 g/mol. The van der Waals surface area contributed by atoms with Gasteiger partial charge in [-0.25, -0.2) is 0 Å². The third-order valence-electron chi connectivity index (χ3n) is 3.18. The van der Waals surface area contributed by atoms with E-state index in [1.807, 2.05) is 18.2 Å². The van der Waals surface area contributed by atoms with Crippen LogP contribution in [0.3, 0.4) is 0 Å². The Balaban J connectivity index is 2.10. The summed E-state index contributed by atoms with van der Waals surface area (Å²) < 4.78 is 5.29.